The number of anilines is 1. The molecule has 0 bridgehead atoms. The Labute approximate surface area is 129 Å². The Morgan fingerprint density at radius 2 is 2.05 bits per heavy atom. The van der Waals surface area contributed by atoms with Gasteiger partial charge in [-0.1, -0.05) is 31.5 Å². The second-order valence-corrected chi connectivity index (χ2v) is 4.84. The third-order valence-electron chi connectivity index (χ3n) is 3.12. The molecule has 116 valence electrons. The minimum absolute atomic E-state index is 0.235. The number of rotatable bonds is 7. The van der Waals surface area contributed by atoms with Gasteiger partial charge in [0.15, 0.2) is 0 Å². The molecule has 5 nitrogen and oxygen atoms in total. The summed E-state index contributed by atoms with van der Waals surface area (Å²) >= 11 is 0. The Morgan fingerprint density at radius 3 is 2.73 bits per heavy atom. The minimum atomic E-state index is -0.269. The van der Waals surface area contributed by atoms with Crippen LogP contribution in [0.2, 0.25) is 0 Å². The molecule has 1 aromatic carbocycles. The predicted octanol–water partition coefficient (Wildman–Crippen LogP) is 2.76. The molecule has 0 aliphatic carbocycles. The number of hydrogen-bond acceptors (Lipinski definition) is 4. The fourth-order valence-corrected chi connectivity index (χ4v) is 1.83. The van der Waals surface area contributed by atoms with Crippen LogP contribution in [0.1, 0.15) is 35.8 Å². The maximum Gasteiger partial charge on any atom is 0.271 e. The fourth-order valence-electron chi connectivity index (χ4n) is 1.83. The largest absolute Gasteiger partial charge is 0.365 e. The lowest BCUT2D eigenvalue weighted by Gasteiger charge is -2.07. The Kier molecular flexibility index (Phi) is 5.82. The maximum absolute atomic E-state index is 13.5. The van der Waals surface area contributed by atoms with Crippen LogP contribution < -0.4 is 10.6 Å². The Balaban J connectivity index is 1.89. The van der Waals surface area contributed by atoms with Gasteiger partial charge in [0.25, 0.3) is 5.91 Å². The lowest BCUT2D eigenvalue weighted by atomic mass is 10.2. The van der Waals surface area contributed by atoms with Gasteiger partial charge in [-0.3, -0.25) is 4.79 Å². The van der Waals surface area contributed by atoms with Crippen molar-refractivity contribution in [3.05, 3.63) is 53.7 Å². The number of unbranched alkanes of at least 4 members (excludes halogenated alkanes) is 1. The average molecular weight is 302 g/mol. The Hall–Kier alpha value is -2.50. The zero-order chi connectivity index (χ0) is 15.8. The van der Waals surface area contributed by atoms with Crippen LogP contribution in [0.25, 0.3) is 0 Å². The van der Waals surface area contributed by atoms with Crippen molar-refractivity contribution < 1.29 is 9.18 Å². The molecule has 0 unspecified atom stereocenters. The maximum atomic E-state index is 13.5. The van der Waals surface area contributed by atoms with Crippen molar-refractivity contribution in [3.63, 3.8) is 0 Å². The molecule has 0 aliphatic rings. The van der Waals surface area contributed by atoms with E-state index in [1.165, 1.54) is 18.5 Å². The smallest absolute Gasteiger partial charge is 0.271 e. The first-order valence-electron chi connectivity index (χ1n) is 7.28. The van der Waals surface area contributed by atoms with Crippen molar-refractivity contribution >= 4 is 11.7 Å². The number of amides is 1. The molecule has 0 saturated heterocycles. The van der Waals surface area contributed by atoms with Crippen molar-refractivity contribution in [3.8, 4) is 0 Å². The standard InChI is InChI=1S/C16H19FN4O/c1-2-3-8-18-16(22)14-10-21-15(11-19-14)20-9-12-6-4-5-7-13(12)17/h4-7,10-11H,2-3,8-9H2,1H3,(H,18,22)(H,20,21). The molecule has 1 heterocycles. The van der Waals surface area contributed by atoms with E-state index in [9.17, 15) is 9.18 Å². The number of aromatic nitrogens is 2. The van der Waals surface area contributed by atoms with Gasteiger partial charge in [-0.2, -0.15) is 0 Å². The van der Waals surface area contributed by atoms with E-state index in [1.807, 2.05) is 0 Å². The molecule has 6 heteroatoms. The van der Waals surface area contributed by atoms with Crippen LogP contribution in [-0.2, 0) is 6.54 Å². The van der Waals surface area contributed by atoms with E-state index in [4.69, 9.17) is 0 Å². The monoisotopic (exact) mass is 302 g/mol. The molecule has 0 aliphatic heterocycles. The Bertz CT molecular complexity index is 616. The SMILES string of the molecule is CCCCNC(=O)c1cnc(NCc2ccccc2F)cn1. The number of halogens is 1. The van der Waals surface area contributed by atoms with Gasteiger partial charge in [0.05, 0.1) is 12.4 Å². The van der Waals surface area contributed by atoms with Crippen molar-refractivity contribution in [1.29, 1.82) is 0 Å². The molecule has 1 amide bonds. The van der Waals surface area contributed by atoms with Gasteiger partial charge >= 0.3 is 0 Å². The number of nitrogens with one attached hydrogen (secondary N) is 2. The predicted molar refractivity (Wildman–Crippen MR) is 83.0 cm³/mol. The summed E-state index contributed by atoms with van der Waals surface area (Å²) in [6.07, 6.45) is 4.83. The summed E-state index contributed by atoms with van der Waals surface area (Å²) in [6.45, 7) is 3.00. The van der Waals surface area contributed by atoms with Crippen LogP contribution in [-0.4, -0.2) is 22.4 Å². The van der Waals surface area contributed by atoms with Gasteiger partial charge in [-0.05, 0) is 12.5 Å². The first-order chi connectivity index (χ1) is 10.7. The second kappa shape index (κ2) is 8.07. The molecule has 0 saturated carbocycles. The summed E-state index contributed by atoms with van der Waals surface area (Å²) in [4.78, 5) is 19.9. The van der Waals surface area contributed by atoms with E-state index in [-0.39, 0.29) is 17.4 Å². The second-order valence-electron chi connectivity index (χ2n) is 4.84. The van der Waals surface area contributed by atoms with Crippen LogP contribution >= 0.6 is 0 Å². The first kappa shape index (κ1) is 15.9. The molecule has 1 aromatic heterocycles. The molecule has 0 radical (unpaired) electrons. The molecular weight excluding hydrogens is 283 g/mol. The first-order valence-corrected chi connectivity index (χ1v) is 7.28. The highest BCUT2D eigenvalue weighted by Crippen LogP contribution is 2.09. The highest BCUT2D eigenvalue weighted by molar-refractivity contribution is 5.91. The third-order valence-corrected chi connectivity index (χ3v) is 3.12. The van der Waals surface area contributed by atoms with Crippen molar-refractivity contribution in [2.24, 2.45) is 0 Å². The molecule has 2 N–H and O–H groups in total. The summed E-state index contributed by atoms with van der Waals surface area (Å²) in [5.74, 6) is -0.00940. The molecule has 2 rings (SSSR count). The summed E-state index contributed by atoms with van der Waals surface area (Å²) in [6, 6.07) is 6.53. The summed E-state index contributed by atoms with van der Waals surface area (Å²) in [7, 11) is 0. The highest BCUT2D eigenvalue weighted by Gasteiger charge is 2.07. The van der Waals surface area contributed by atoms with Gasteiger partial charge in [-0.25, -0.2) is 14.4 Å². The lowest BCUT2D eigenvalue weighted by Crippen LogP contribution is -2.25. The number of benzene rings is 1. The van der Waals surface area contributed by atoms with Crippen LogP contribution in [0.15, 0.2) is 36.7 Å². The van der Waals surface area contributed by atoms with Crippen LogP contribution in [0.4, 0.5) is 10.2 Å². The van der Waals surface area contributed by atoms with Crippen molar-refractivity contribution in [2.75, 3.05) is 11.9 Å². The van der Waals surface area contributed by atoms with E-state index in [0.717, 1.165) is 12.8 Å². The van der Waals surface area contributed by atoms with Gasteiger partial charge in [-0.15, -0.1) is 0 Å². The fraction of sp³-hybridized carbons (Fsp3) is 0.312. The zero-order valence-electron chi connectivity index (χ0n) is 12.5. The van der Waals surface area contributed by atoms with Gasteiger partial charge < -0.3 is 10.6 Å². The minimum Gasteiger partial charge on any atom is -0.365 e. The molecule has 0 spiro atoms. The van der Waals surface area contributed by atoms with E-state index in [0.29, 0.717) is 24.5 Å². The van der Waals surface area contributed by atoms with Gasteiger partial charge in [0.2, 0.25) is 0 Å². The molecular formula is C16H19FN4O. The summed E-state index contributed by atoms with van der Waals surface area (Å²) in [5, 5.41) is 5.75. The molecule has 0 atom stereocenters. The number of carbonyl (C=O) groups excluding carboxylic acids is 1. The van der Waals surface area contributed by atoms with Crippen LogP contribution in [0.3, 0.4) is 0 Å². The average Bonchev–Trinajstić information content (AvgIpc) is 2.55. The number of carbonyl (C=O) groups is 1. The topological polar surface area (TPSA) is 66.9 Å². The number of nitrogens with zero attached hydrogens (tertiary/aromatic N) is 2. The molecule has 22 heavy (non-hydrogen) atoms. The van der Waals surface area contributed by atoms with Crippen LogP contribution in [0.5, 0.6) is 0 Å². The van der Waals surface area contributed by atoms with E-state index in [2.05, 4.69) is 27.5 Å². The van der Waals surface area contributed by atoms with Crippen molar-refractivity contribution in [2.45, 2.75) is 26.3 Å². The highest BCUT2D eigenvalue weighted by atomic mass is 19.1. The molecule has 2 aromatic rings. The van der Waals surface area contributed by atoms with E-state index >= 15 is 0 Å². The van der Waals surface area contributed by atoms with E-state index in [1.54, 1.807) is 18.2 Å². The quantitative estimate of drug-likeness (QED) is 0.772. The van der Waals surface area contributed by atoms with Gasteiger partial charge in [0.1, 0.15) is 17.3 Å². The lowest BCUT2D eigenvalue weighted by molar-refractivity contribution is 0.0948. The Morgan fingerprint density at radius 1 is 1.23 bits per heavy atom. The number of hydrogen-bond donors (Lipinski definition) is 2. The van der Waals surface area contributed by atoms with E-state index < -0.39 is 0 Å². The van der Waals surface area contributed by atoms with Crippen LogP contribution in [0, 0.1) is 5.82 Å². The van der Waals surface area contributed by atoms with Gasteiger partial charge in [0, 0.05) is 18.7 Å². The zero-order valence-corrected chi connectivity index (χ0v) is 12.5. The summed E-state index contributed by atoms with van der Waals surface area (Å²) < 4.78 is 13.5. The van der Waals surface area contributed by atoms with Crippen molar-refractivity contribution in [1.82, 2.24) is 15.3 Å². The summed E-state index contributed by atoms with van der Waals surface area (Å²) in [5.41, 5.74) is 0.818. The molecule has 0 fully saturated rings. The third kappa shape index (κ3) is 4.51. The normalized spacial score (nSPS) is 10.3.